The molecule has 3 rings (SSSR count). The highest BCUT2D eigenvalue weighted by atomic mass is 35.5. The van der Waals surface area contributed by atoms with E-state index in [1.54, 1.807) is 73.2 Å². The van der Waals surface area contributed by atoms with Crippen molar-refractivity contribution in [3.8, 4) is 5.75 Å². The smallest absolute Gasteiger partial charge is 0.263 e. The van der Waals surface area contributed by atoms with Crippen LogP contribution in [0.4, 0.5) is 5.69 Å². The Morgan fingerprint density at radius 2 is 1.93 bits per heavy atom. The first-order valence-electron chi connectivity index (χ1n) is 8.81. The molecule has 2 aromatic heterocycles. The Morgan fingerprint density at radius 1 is 1.21 bits per heavy atom. The van der Waals surface area contributed by atoms with Crippen molar-refractivity contribution in [1.29, 1.82) is 0 Å². The molecule has 3 aromatic rings. The summed E-state index contributed by atoms with van der Waals surface area (Å²) in [6, 6.07) is 11.7. The molecule has 0 saturated carbocycles. The van der Waals surface area contributed by atoms with Crippen LogP contribution in [0.1, 0.15) is 13.8 Å². The number of nitrogens with zero attached hydrogens (tertiary/aromatic N) is 2. The van der Waals surface area contributed by atoms with Crippen LogP contribution in [0.3, 0.4) is 0 Å². The molecule has 0 unspecified atom stereocenters. The second kappa shape index (κ2) is 8.30. The Kier molecular flexibility index (Phi) is 5.99. The maximum absolute atomic E-state index is 12.4. The lowest BCUT2D eigenvalue weighted by Crippen LogP contribution is -2.47. The summed E-state index contributed by atoms with van der Waals surface area (Å²) in [6.07, 6.45) is 3.28. The van der Waals surface area contributed by atoms with E-state index in [9.17, 15) is 13.2 Å². The summed E-state index contributed by atoms with van der Waals surface area (Å²) < 4.78 is 34.4. The minimum absolute atomic E-state index is 0.0590. The van der Waals surface area contributed by atoms with Gasteiger partial charge in [0.15, 0.2) is 5.60 Å². The van der Waals surface area contributed by atoms with E-state index in [0.717, 1.165) is 5.52 Å². The minimum Gasteiger partial charge on any atom is -0.478 e. The zero-order valence-electron chi connectivity index (χ0n) is 15.9. The van der Waals surface area contributed by atoms with Crippen LogP contribution in [-0.2, 0) is 14.8 Å². The first kappa shape index (κ1) is 20.9. The molecule has 0 radical (unpaired) electrons. The van der Waals surface area contributed by atoms with Crippen LogP contribution in [-0.4, -0.2) is 41.8 Å². The van der Waals surface area contributed by atoms with Gasteiger partial charge in [0.2, 0.25) is 10.0 Å². The summed E-state index contributed by atoms with van der Waals surface area (Å²) in [5.41, 5.74) is 0.00764. The lowest BCUT2D eigenvalue weighted by Gasteiger charge is -2.25. The van der Waals surface area contributed by atoms with Gasteiger partial charge in [-0.1, -0.05) is 11.6 Å². The number of rotatable bonds is 8. The van der Waals surface area contributed by atoms with Gasteiger partial charge in [-0.15, -0.1) is 0 Å². The van der Waals surface area contributed by atoms with Crippen molar-refractivity contribution < 1.29 is 17.9 Å². The van der Waals surface area contributed by atoms with Gasteiger partial charge in [0.05, 0.1) is 17.0 Å². The predicted octanol–water partition coefficient (Wildman–Crippen LogP) is 2.70. The van der Waals surface area contributed by atoms with E-state index in [4.69, 9.17) is 16.3 Å². The van der Waals surface area contributed by atoms with Crippen molar-refractivity contribution in [3.63, 3.8) is 0 Å². The van der Waals surface area contributed by atoms with Crippen molar-refractivity contribution in [2.75, 3.05) is 17.0 Å². The van der Waals surface area contributed by atoms with Gasteiger partial charge in [0.1, 0.15) is 5.75 Å². The van der Waals surface area contributed by atoms with Gasteiger partial charge in [0, 0.05) is 24.0 Å². The molecule has 0 atom stereocenters. The number of nitrogens with one attached hydrogen (secondary N) is 2. The second-order valence-electron chi connectivity index (χ2n) is 6.86. The highest BCUT2D eigenvalue weighted by molar-refractivity contribution is 7.92. The molecule has 29 heavy (non-hydrogen) atoms. The van der Waals surface area contributed by atoms with Crippen LogP contribution in [0.25, 0.3) is 5.52 Å². The fraction of sp³-hybridized carbons (Fsp3) is 0.263. The largest absolute Gasteiger partial charge is 0.478 e. The maximum Gasteiger partial charge on any atom is 0.263 e. The van der Waals surface area contributed by atoms with E-state index in [0.29, 0.717) is 16.5 Å². The van der Waals surface area contributed by atoms with Crippen molar-refractivity contribution in [1.82, 2.24) is 14.9 Å². The number of carbonyl (C=O) groups is 1. The number of carbonyl (C=O) groups excluding carboxylic acids is 1. The van der Waals surface area contributed by atoms with Crippen molar-refractivity contribution >= 4 is 38.7 Å². The highest BCUT2D eigenvalue weighted by Gasteiger charge is 2.30. The second-order valence-corrected chi connectivity index (χ2v) is 9.14. The molecule has 1 amide bonds. The molecule has 0 aliphatic heterocycles. The third-order valence-corrected chi connectivity index (χ3v) is 5.60. The number of pyridine rings is 1. The zero-order valence-corrected chi connectivity index (χ0v) is 17.5. The summed E-state index contributed by atoms with van der Waals surface area (Å²) >= 11 is 5.84. The Balaban J connectivity index is 1.53. The van der Waals surface area contributed by atoms with E-state index >= 15 is 0 Å². The van der Waals surface area contributed by atoms with Crippen LogP contribution < -0.4 is 14.8 Å². The Hall–Kier alpha value is -2.78. The number of aromatic nitrogens is 2. The quantitative estimate of drug-likeness (QED) is 0.565. The van der Waals surface area contributed by atoms with Crippen LogP contribution in [0.15, 0.2) is 54.9 Å². The van der Waals surface area contributed by atoms with Crippen LogP contribution in [0.5, 0.6) is 5.75 Å². The summed E-state index contributed by atoms with van der Waals surface area (Å²) in [5.74, 6) is -0.220. The third kappa shape index (κ3) is 5.61. The summed E-state index contributed by atoms with van der Waals surface area (Å²) in [4.78, 5) is 12.4. The van der Waals surface area contributed by atoms with Gasteiger partial charge in [-0.2, -0.15) is 5.10 Å². The molecule has 0 fully saturated rings. The lowest BCUT2D eigenvalue weighted by molar-refractivity contribution is -0.134. The third-order valence-electron chi connectivity index (χ3n) is 4.06. The van der Waals surface area contributed by atoms with Gasteiger partial charge < -0.3 is 10.1 Å². The zero-order chi connectivity index (χ0) is 21.1. The number of halogens is 1. The molecule has 8 nitrogen and oxygen atoms in total. The Bertz CT molecular complexity index is 1110. The Morgan fingerprint density at radius 3 is 2.66 bits per heavy atom. The molecular formula is C19H21ClN4O4S. The molecule has 154 valence electrons. The first-order chi connectivity index (χ1) is 13.6. The number of sulfonamides is 1. The van der Waals surface area contributed by atoms with Crippen molar-refractivity contribution in [2.24, 2.45) is 0 Å². The molecule has 0 saturated heterocycles. The molecule has 2 heterocycles. The average Bonchev–Trinajstić information content (AvgIpc) is 3.10. The van der Waals surface area contributed by atoms with Crippen LogP contribution in [0, 0.1) is 0 Å². The standard InChI is InChI=1S/C19H21ClN4O4S/c1-19(2,28-17-5-3-14(20)4-6-17)18(25)21-10-12-29(26,27)23-15-8-11-24-16(13-15)7-9-22-24/h3-9,11,13,23H,10,12H2,1-2H3,(H,21,25). The van der Waals surface area contributed by atoms with Gasteiger partial charge in [-0.05, 0) is 56.3 Å². The maximum atomic E-state index is 12.4. The lowest BCUT2D eigenvalue weighted by atomic mass is 10.1. The SMILES string of the molecule is CC(C)(Oc1ccc(Cl)cc1)C(=O)NCCS(=O)(=O)Nc1ccn2nccc2c1. The fourth-order valence-electron chi connectivity index (χ4n) is 2.57. The van der Waals surface area contributed by atoms with E-state index in [1.165, 1.54) is 0 Å². The number of fused-ring (bicyclic) bond motifs is 1. The number of benzene rings is 1. The molecule has 1 aromatic carbocycles. The van der Waals surface area contributed by atoms with Gasteiger partial charge in [0.25, 0.3) is 5.91 Å². The number of hydrogen-bond acceptors (Lipinski definition) is 5. The number of amides is 1. The molecule has 10 heteroatoms. The van der Waals surface area contributed by atoms with Crippen molar-refractivity contribution in [2.45, 2.75) is 19.4 Å². The average molecular weight is 437 g/mol. The van der Waals surface area contributed by atoms with Gasteiger partial charge in [-0.3, -0.25) is 9.52 Å². The van der Waals surface area contributed by atoms with E-state index < -0.39 is 21.5 Å². The monoisotopic (exact) mass is 436 g/mol. The predicted molar refractivity (Wildman–Crippen MR) is 112 cm³/mol. The molecule has 0 aliphatic carbocycles. The topological polar surface area (TPSA) is 102 Å². The summed E-state index contributed by atoms with van der Waals surface area (Å²) in [7, 11) is -3.64. The molecule has 0 aliphatic rings. The minimum atomic E-state index is -3.64. The van der Waals surface area contributed by atoms with Gasteiger partial charge >= 0.3 is 0 Å². The number of hydrogen-bond donors (Lipinski definition) is 2. The molecule has 0 spiro atoms. The highest BCUT2D eigenvalue weighted by Crippen LogP contribution is 2.21. The van der Waals surface area contributed by atoms with E-state index in [-0.39, 0.29) is 12.3 Å². The van der Waals surface area contributed by atoms with Gasteiger partial charge in [-0.25, -0.2) is 12.9 Å². The van der Waals surface area contributed by atoms with Crippen molar-refractivity contribution in [3.05, 3.63) is 59.9 Å². The van der Waals surface area contributed by atoms with Crippen LogP contribution in [0.2, 0.25) is 5.02 Å². The summed E-state index contributed by atoms with van der Waals surface area (Å²) in [5, 5.41) is 7.21. The number of ether oxygens (including phenoxy) is 1. The van der Waals surface area contributed by atoms with E-state index in [1.807, 2.05) is 0 Å². The Labute approximate surface area is 173 Å². The van der Waals surface area contributed by atoms with Crippen LogP contribution >= 0.6 is 11.6 Å². The molecule has 0 bridgehead atoms. The fourth-order valence-corrected chi connectivity index (χ4v) is 3.66. The number of anilines is 1. The summed E-state index contributed by atoms with van der Waals surface area (Å²) in [6.45, 7) is 3.14. The molecule has 2 N–H and O–H groups in total. The first-order valence-corrected chi connectivity index (χ1v) is 10.8. The van der Waals surface area contributed by atoms with E-state index in [2.05, 4.69) is 15.1 Å². The molecular weight excluding hydrogens is 416 g/mol. The normalized spacial score (nSPS) is 12.0.